The molecule has 1 aromatic carbocycles. The molecule has 0 amide bonds. The van der Waals surface area contributed by atoms with Gasteiger partial charge in [0.2, 0.25) is 6.23 Å². The fraction of sp³-hybridized carbons (Fsp3) is 0.182. The van der Waals surface area contributed by atoms with Crippen LogP contribution in [0.25, 0.3) is 10.9 Å². The van der Waals surface area contributed by atoms with Crippen molar-refractivity contribution in [3.8, 4) is 0 Å². The molecule has 0 aliphatic heterocycles. The number of hydrogen-bond donors (Lipinski definition) is 1. The van der Waals surface area contributed by atoms with Crippen molar-refractivity contribution in [2.75, 3.05) is 7.11 Å². The highest BCUT2D eigenvalue weighted by molar-refractivity contribution is 5.99. The van der Waals surface area contributed by atoms with Gasteiger partial charge >= 0.3 is 0 Å². The van der Waals surface area contributed by atoms with Gasteiger partial charge < -0.3 is 9.72 Å². The summed E-state index contributed by atoms with van der Waals surface area (Å²) in [5.74, 6) is 0. The summed E-state index contributed by atoms with van der Waals surface area (Å²) >= 11 is 0. The van der Waals surface area contributed by atoms with Crippen LogP contribution in [0.5, 0.6) is 0 Å². The first-order chi connectivity index (χ1) is 7.81. The topological polar surface area (TPSA) is 71.5 Å². The molecule has 0 bridgehead atoms. The van der Waals surface area contributed by atoms with E-state index in [1.54, 1.807) is 18.3 Å². The van der Waals surface area contributed by atoms with E-state index in [9.17, 15) is 9.70 Å². The maximum atomic E-state index is 10.9. The zero-order valence-corrected chi connectivity index (χ0v) is 8.64. The second-order valence-electron chi connectivity index (χ2n) is 3.33. The van der Waals surface area contributed by atoms with Crippen LogP contribution in [0, 0.1) is 4.91 Å². The minimum Gasteiger partial charge on any atom is -0.360 e. The number of nitrogens with one attached hydrogen (secondary N) is 1. The normalized spacial score (nSPS) is 12.6. The average Bonchev–Trinajstić information content (AvgIpc) is 2.74. The molecule has 0 aliphatic carbocycles. The Morgan fingerprint density at radius 1 is 1.50 bits per heavy atom. The Kier molecular flexibility index (Phi) is 2.78. The van der Waals surface area contributed by atoms with Crippen LogP contribution in [0.15, 0.2) is 29.6 Å². The molecule has 82 valence electrons. The number of benzene rings is 1. The zero-order valence-electron chi connectivity index (χ0n) is 8.64. The molecule has 2 aromatic rings. The van der Waals surface area contributed by atoms with E-state index in [-0.39, 0.29) is 0 Å². The van der Waals surface area contributed by atoms with Gasteiger partial charge in [-0.25, -0.2) is 0 Å². The van der Waals surface area contributed by atoms with Crippen LogP contribution in [0.4, 0.5) is 0 Å². The predicted octanol–water partition coefficient (Wildman–Crippen LogP) is 2.39. The first-order valence-corrected chi connectivity index (χ1v) is 4.72. The van der Waals surface area contributed by atoms with Crippen LogP contribution in [-0.2, 0) is 4.74 Å². The first-order valence-electron chi connectivity index (χ1n) is 4.72. The number of aromatic nitrogens is 1. The first kappa shape index (κ1) is 10.5. The lowest BCUT2D eigenvalue weighted by atomic mass is 10.1. The number of aldehydes is 1. The number of carbonyl (C=O) groups excluding carboxylic acids is 1. The molecule has 0 saturated carbocycles. The fourth-order valence-corrected chi connectivity index (χ4v) is 1.77. The van der Waals surface area contributed by atoms with Crippen molar-refractivity contribution in [1.29, 1.82) is 0 Å². The molecule has 1 atom stereocenters. The molecule has 0 saturated heterocycles. The van der Waals surface area contributed by atoms with Crippen LogP contribution in [0.2, 0.25) is 0 Å². The summed E-state index contributed by atoms with van der Waals surface area (Å²) in [5, 5.41) is 3.56. The summed E-state index contributed by atoms with van der Waals surface area (Å²) in [6, 6.07) is 5.32. The van der Waals surface area contributed by atoms with Crippen molar-refractivity contribution in [2.24, 2.45) is 5.18 Å². The molecule has 1 unspecified atom stereocenters. The molecule has 1 aromatic heterocycles. The van der Waals surface area contributed by atoms with E-state index in [1.165, 1.54) is 7.11 Å². The maximum absolute atomic E-state index is 10.9. The number of hydrogen-bond acceptors (Lipinski definition) is 4. The second-order valence-corrected chi connectivity index (χ2v) is 3.33. The molecule has 2 rings (SSSR count). The van der Waals surface area contributed by atoms with E-state index in [1.807, 2.05) is 6.07 Å². The number of rotatable bonds is 4. The number of nitrogens with zero attached hydrogens (tertiary/aromatic N) is 1. The maximum Gasteiger partial charge on any atom is 0.216 e. The molecule has 16 heavy (non-hydrogen) atoms. The minimum atomic E-state index is -0.891. The van der Waals surface area contributed by atoms with Gasteiger partial charge in [0.15, 0.2) is 6.29 Å². The molecule has 1 N–H and O–H groups in total. The van der Waals surface area contributed by atoms with Crippen LogP contribution < -0.4 is 0 Å². The van der Waals surface area contributed by atoms with Gasteiger partial charge in [0, 0.05) is 35.3 Å². The number of methoxy groups -OCH3 is 1. The van der Waals surface area contributed by atoms with Gasteiger partial charge in [-0.1, -0.05) is 12.1 Å². The third-order valence-electron chi connectivity index (χ3n) is 2.48. The number of carbonyl (C=O) groups is 1. The number of nitroso groups, excluding NO2 is 1. The van der Waals surface area contributed by atoms with Crippen LogP contribution in [-0.4, -0.2) is 18.4 Å². The molecule has 5 nitrogen and oxygen atoms in total. The fourth-order valence-electron chi connectivity index (χ4n) is 1.77. The lowest BCUT2D eigenvalue weighted by Crippen LogP contribution is -1.98. The number of aromatic amines is 1. The molecular weight excluding hydrogens is 208 g/mol. The van der Waals surface area contributed by atoms with E-state index in [0.29, 0.717) is 16.5 Å². The van der Waals surface area contributed by atoms with Gasteiger partial charge in [-0.05, 0) is 11.2 Å². The molecule has 1 heterocycles. The van der Waals surface area contributed by atoms with Crippen molar-refractivity contribution in [3.63, 3.8) is 0 Å². The van der Waals surface area contributed by atoms with Crippen LogP contribution >= 0.6 is 0 Å². The van der Waals surface area contributed by atoms with Crippen molar-refractivity contribution in [2.45, 2.75) is 6.23 Å². The van der Waals surface area contributed by atoms with Gasteiger partial charge in [-0.2, -0.15) is 0 Å². The van der Waals surface area contributed by atoms with Gasteiger partial charge in [-0.15, -0.1) is 4.91 Å². The summed E-state index contributed by atoms with van der Waals surface area (Å²) < 4.78 is 4.95. The minimum absolute atomic E-state index is 0.497. The number of fused-ring (bicyclic) bond motifs is 1. The summed E-state index contributed by atoms with van der Waals surface area (Å²) in [6.45, 7) is 0. The molecule has 5 heteroatoms. The van der Waals surface area contributed by atoms with Crippen molar-refractivity contribution in [3.05, 3.63) is 40.4 Å². The van der Waals surface area contributed by atoms with Gasteiger partial charge in [-0.3, -0.25) is 4.79 Å². The van der Waals surface area contributed by atoms with Gasteiger partial charge in [0.25, 0.3) is 0 Å². The molecular formula is C11H10N2O3. The Bertz CT molecular complexity index is 533. The van der Waals surface area contributed by atoms with Crippen LogP contribution in [0.1, 0.15) is 22.1 Å². The lowest BCUT2D eigenvalue weighted by molar-refractivity contribution is 0.110. The summed E-state index contributed by atoms with van der Waals surface area (Å²) in [6.07, 6.45) is 1.44. The highest BCUT2D eigenvalue weighted by atomic mass is 16.5. The standard InChI is InChI=1S/C11H10N2O3/c1-16-11(13-15)8-3-2-4-9-10(8)7(6-14)5-12-9/h2-6,11-12H,1H3. The Hall–Kier alpha value is -2.01. The van der Waals surface area contributed by atoms with Crippen LogP contribution in [0.3, 0.4) is 0 Å². The van der Waals surface area contributed by atoms with Crippen molar-refractivity contribution < 1.29 is 9.53 Å². The van der Waals surface area contributed by atoms with E-state index >= 15 is 0 Å². The molecule has 0 aliphatic rings. The highest BCUT2D eigenvalue weighted by Gasteiger charge is 2.16. The second kappa shape index (κ2) is 4.24. The summed E-state index contributed by atoms with van der Waals surface area (Å²) in [4.78, 5) is 24.4. The number of ether oxygens (including phenoxy) is 1. The molecule has 0 fully saturated rings. The third-order valence-corrected chi connectivity index (χ3v) is 2.48. The van der Waals surface area contributed by atoms with Crippen molar-refractivity contribution in [1.82, 2.24) is 4.98 Å². The SMILES string of the molecule is COC(N=O)c1cccc2[nH]cc(C=O)c12. The predicted molar refractivity (Wildman–Crippen MR) is 59.2 cm³/mol. The summed E-state index contributed by atoms with van der Waals surface area (Å²) in [5.41, 5.74) is 1.87. The Labute approximate surface area is 91.4 Å². The van der Waals surface area contributed by atoms with E-state index in [2.05, 4.69) is 10.2 Å². The Morgan fingerprint density at radius 3 is 2.94 bits per heavy atom. The molecule has 0 radical (unpaired) electrons. The Balaban J connectivity index is 2.72. The number of H-pyrrole nitrogens is 1. The largest absolute Gasteiger partial charge is 0.360 e. The zero-order chi connectivity index (χ0) is 11.5. The quantitative estimate of drug-likeness (QED) is 0.632. The Morgan fingerprint density at radius 2 is 2.31 bits per heavy atom. The van der Waals surface area contributed by atoms with E-state index in [4.69, 9.17) is 4.74 Å². The summed E-state index contributed by atoms with van der Waals surface area (Å²) in [7, 11) is 1.40. The average molecular weight is 218 g/mol. The smallest absolute Gasteiger partial charge is 0.216 e. The third kappa shape index (κ3) is 1.51. The van der Waals surface area contributed by atoms with E-state index in [0.717, 1.165) is 11.8 Å². The van der Waals surface area contributed by atoms with Crippen molar-refractivity contribution >= 4 is 17.2 Å². The highest BCUT2D eigenvalue weighted by Crippen LogP contribution is 2.28. The van der Waals surface area contributed by atoms with Gasteiger partial charge in [0.1, 0.15) is 0 Å². The molecule has 0 spiro atoms. The monoisotopic (exact) mass is 218 g/mol. The van der Waals surface area contributed by atoms with E-state index < -0.39 is 6.23 Å². The lowest BCUT2D eigenvalue weighted by Gasteiger charge is -2.08. The van der Waals surface area contributed by atoms with Gasteiger partial charge in [0.05, 0.1) is 0 Å².